The average molecular weight is 261 g/mol. The smallest absolute Gasteiger partial charge is 0 e. The second-order valence-corrected chi connectivity index (χ2v) is 0. The van der Waals surface area contributed by atoms with Crippen molar-refractivity contribution in [2.75, 3.05) is 0 Å². The van der Waals surface area contributed by atoms with Gasteiger partial charge in [-0.05, 0) is 0 Å². The van der Waals surface area contributed by atoms with E-state index >= 15 is 0 Å². The molecule has 0 aliphatic carbocycles. The summed E-state index contributed by atoms with van der Waals surface area (Å²) >= 11 is 0. The first-order chi connectivity index (χ1) is 0. The molecule has 0 aliphatic rings. The quantitative estimate of drug-likeness (QED) is 0.538. The van der Waals surface area contributed by atoms with Crippen molar-refractivity contribution in [3.05, 3.63) is 0 Å². The summed E-state index contributed by atoms with van der Waals surface area (Å²) in [6.45, 7) is 0. The minimum absolute atomic E-state index is 0. The van der Waals surface area contributed by atoms with Crippen molar-refractivity contribution in [1.29, 1.82) is 0 Å². The van der Waals surface area contributed by atoms with Gasteiger partial charge in [0, 0.05) is 81.5 Å². The van der Waals surface area contributed by atoms with E-state index in [1.54, 1.807) is 0 Å². The van der Waals surface area contributed by atoms with Gasteiger partial charge in [-0.2, -0.15) is 0 Å². The van der Waals surface area contributed by atoms with Crippen LogP contribution < -0.4 is 0 Å². The van der Waals surface area contributed by atoms with Crippen molar-refractivity contribution in [2.24, 2.45) is 0 Å². The molecular formula is CuNiTiZr. The second kappa shape index (κ2) is 17.5. The molecule has 0 nitrogen and oxygen atoms in total. The first-order valence-electron chi connectivity index (χ1n) is 0. The fraction of sp³-hybridized carbons (Fsp3) is 0. The van der Waals surface area contributed by atoms with Crippen LogP contribution in [-0.2, 0) is 81.5 Å². The number of hydrogen-bond acceptors (Lipinski definition) is 0. The van der Waals surface area contributed by atoms with Gasteiger partial charge in [0.1, 0.15) is 0 Å². The Kier molecular flexibility index (Phi) is 134. The molecule has 0 heterocycles. The van der Waals surface area contributed by atoms with Crippen LogP contribution in [0.25, 0.3) is 0 Å². The van der Waals surface area contributed by atoms with Crippen LogP contribution >= 0.6 is 0 Å². The van der Waals surface area contributed by atoms with Gasteiger partial charge in [-0.25, -0.2) is 0 Å². The third-order valence-electron chi connectivity index (χ3n) is 0. The van der Waals surface area contributed by atoms with Crippen molar-refractivity contribution in [2.45, 2.75) is 0 Å². The summed E-state index contributed by atoms with van der Waals surface area (Å²) in [6, 6.07) is 0. The zero-order valence-electron chi connectivity index (χ0n) is 1.62. The fourth-order valence-electron chi connectivity index (χ4n) is 0. The molecule has 0 atom stereocenters. The van der Waals surface area contributed by atoms with Crippen molar-refractivity contribution < 1.29 is 81.5 Å². The van der Waals surface area contributed by atoms with Gasteiger partial charge in [0.25, 0.3) is 0 Å². The zero-order valence-corrected chi connectivity index (χ0v) is 7.57. The summed E-state index contributed by atoms with van der Waals surface area (Å²) in [5.41, 5.74) is 0. The molecule has 0 rings (SSSR count). The van der Waals surface area contributed by atoms with Crippen LogP contribution in [0.4, 0.5) is 0 Å². The van der Waals surface area contributed by atoms with Gasteiger partial charge in [-0.1, -0.05) is 0 Å². The first kappa shape index (κ1) is 30.5. The summed E-state index contributed by atoms with van der Waals surface area (Å²) in [7, 11) is 0. The van der Waals surface area contributed by atoms with E-state index in [-0.39, 0.29) is 81.5 Å². The molecule has 29 valence electrons. The van der Waals surface area contributed by atoms with Crippen molar-refractivity contribution in [3.63, 3.8) is 0 Å². The zero-order chi connectivity index (χ0) is 0. The molecule has 0 aromatic heterocycles. The average Bonchev–Trinajstić information content (AvgIpc) is 0. The minimum Gasteiger partial charge on any atom is 0 e. The molecule has 0 N–H and O–H groups in total. The standard InChI is InChI=1S/Cu.Ni.Ti.Zr. The predicted octanol–water partition coefficient (Wildman–Crippen LogP) is -0.0100. The Morgan fingerprint density at radius 2 is 1.00 bits per heavy atom. The molecule has 0 aromatic rings. The van der Waals surface area contributed by atoms with E-state index < -0.39 is 0 Å². The van der Waals surface area contributed by atoms with Gasteiger partial charge in [0.15, 0.2) is 0 Å². The van der Waals surface area contributed by atoms with Gasteiger partial charge < -0.3 is 0 Å². The molecule has 0 bridgehead atoms. The second-order valence-electron chi connectivity index (χ2n) is 0. The molecule has 0 saturated carbocycles. The van der Waals surface area contributed by atoms with Crippen LogP contribution in [0.2, 0.25) is 0 Å². The minimum atomic E-state index is 0. The van der Waals surface area contributed by atoms with E-state index in [1.807, 2.05) is 0 Å². The number of rotatable bonds is 0. The van der Waals surface area contributed by atoms with Gasteiger partial charge >= 0.3 is 0 Å². The van der Waals surface area contributed by atoms with Crippen LogP contribution in [-0.4, -0.2) is 0 Å². The summed E-state index contributed by atoms with van der Waals surface area (Å²) < 4.78 is 0. The van der Waals surface area contributed by atoms with Crippen molar-refractivity contribution in [1.82, 2.24) is 0 Å². The molecule has 0 aromatic carbocycles. The van der Waals surface area contributed by atoms with Crippen LogP contribution in [0.5, 0.6) is 0 Å². The van der Waals surface area contributed by atoms with Crippen LogP contribution in [0, 0.1) is 0 Å². The molecule has 0 unspecified atom stereocenters. The summed E-state index contributed by atoms with van der Waals surface area (Å²) in [6.07, 6.45) is 0. The Labute approximate surface area is 80.3 Å². The number of hydrogen-bond donors (Lipinski definition) is 0. The molecule has 0 amide bonds. The van der Waals surface area contributed by atoms with Crippen molar-refractivity contribution >= 4 is 0 Å². The molecule has 4 heteroatoms. The molecule has 1 radical (unpaired) electrons. The van der Waals surface area contributed by atoms with E-state index in [0.717, 1.165) is 0 Å². The SMILES string of the molecule is [Cu].[Ni].[Ti].[Zr]. The third kappa shape index (κ3) is 8.82. The maximum absolute atomic E-state index is 0. The summed E-state index contributed by atoms with van der Waals surface area (Å²) in [5.74, 6) is 0. The Morgan fingerprint density at radius 3 is 1.00 bits per heavy atom. The van der Waals surface area contributed by atoms with E-state index in [0.29, 0.717) is 0 Å². The molecular weight excluding hydrogens is 261 g/mol. The topological polar surface area (TPSA) is 0 Å². The summed E-state index contributed by atoms with van der Waals surface area (Å²) in [5, 5.41) is 0. The van der Waals surface area contributed by atoms with Crippen LogP contribution in [0.3, 0.4) is 0 Å². The maximum atomic E-state index is 0. The van der Waals surface area contributed by atoms with Crippen LogP contribution in [0.15, 0.2) is 0 Å². The van der Waals surface area contributed by atoms with Crippen molar-refractivity contribution in [3.8, 4) is 0 Å². The molecule has 0 fully saturated rings. The fourth-order valence-corrected chi connectivity index (χ4v) is 0. The summed E-state index contributed by atoms with van der Waals surface area (Å²) in [4.78, 5) is 0. The van der Waals surface area contributed by atoms with E-state index in [4.69, 9.17) is 0 Å². The van der Waals surface area contributed by atoms with E-state index in [2.05, 4.69) is 0 Å². The molecule has 0 saturated heterocycles. The normalized spacial score (nSPS) is 0. The monoisotopic (exact) mass is 259 g/mol. The third-order valence-corrected chi connectivity index (χ3v) is 0. The van der Waals surface area contributed by atoms with E-state index in [9.17, 15) is 0 Å². The maximum Gasteiger partial charge on any atom is 0 e. The Hall–Kier alpha value is 2.61. The first-order valence-corrected chi connectivity index (χ1v) is 0. The van der Waals surface area contributed by atoms with E-state index in [1.165, 1.54) is 0 Å². The Balaban J connectivity index is 0. The van der Waals surface area contributed by atoms with Gasteiger partial charge in [0.05, 0.1) is 0 Å². The molecule has 0 spiro atoms. The molecule has 4 heavy (non-hydrogen) atoms. The van der Waals surface area contributed by atoms with Gasteiger partial charge in [0.2, 0.25) is 0 Å². The Bertz CT molecular complexity index is 8.00. The molecule has 0 aliphatic heterocycles. The predicted molar refractivity (Wildman–Crippen MR) is 0 cm³/mol. The van der Waals surface area contributed by atoms with Crippen LogP contribution in [0.1, 0.15) is 0 Å². The Morgan fingerprint density at radius 1 is 1.00 bits per heavy atom. The van der Waals surface area contributed by atoms with Gasteiger partial charge in [-0.15, -0.1) is 0 Å². The van der Waals surface area contributed by atoms with Gasteiger partial charge in [-0.3, -0.25) is 0 Å². The largest absolute Gasteiger partial charge is 0 e.